The molecule has 9 heteroatoms. The zero-order valence-corrected chi connectivity index (χ0v) is 9.17. The zero-order chi connectivity index (χ0) is 14.3. The van der Waals surface area contributed by atoms with Crippen LogP contribution in [0.2, 0.25) is 0 Å². The van der Waals surface area contributed by atoms with Gasteiger partial charge < -0.3 is 30.3 Å². The predicted octanol–water partition coefficient (Wildman–Crippen LogP) is -3.35. The summed E-state index contributed by atoms with van der Waals surface area (Å²) in [5.74, 6) is -2.78. The number of carbonyl (C=O) groups is 3. The van der Waals surface area contributed by atoms with Crippen LogP contribution in [-0.2, 0) is 19.1 Å². The van der Waals surface area contributed by atoms with Crippen molar-refractivity contribution in [3.05, 3.63) is 0 Å². The molecule has 0 bridgehead atoms. The standard InChI is InChI=1S/C9H14O9/c10-2-4(12)8(16)9(17)5(3-11)18-7(15)1-6(13)14/h3-5,8-10,12,16-17H,1-2H2,(H,13,14)/t4-,5+,8-,9-/m1/s1. The molecule has 0 aromatic heterocycles. The van der Waals surface area contributed by atoms with Crippen molar-refractivity contribution in [2.75, 3.05) is 6.61 Å². The molecule has 4 atom stereocenters. The number of carboxylic acid groups (broad SMARTS) is 1. The molecule has 0 aliphatic heterocycles. The minimum absolute atomic E-state index is 0.0300. The molecule has 0 aliphatic carbocycles. The molecule has 0 radical (unpaired) electrons. The Hall–Kier alpha value is -1.55. The van der Waals surface area contributed by atoms with Gasteiger partial charge in [-0.2, -0.15) is 0 Å². The van der Waals surface area contributed by atoms with Crippen molar-refractivity contribution in [2.24, 2.45) is 0 Å². The molecule has 0 saturated heterocycles. The topological polar surface area (TPSA) is 162 Å². The van der Waals surface area contributed by atoms with Gasteiger partial charge in [0.2, 0.25) is 0 Å². The van der Waals surface area contributed by atoms with Crippen LogP contribution < -0.4 is 0 Å². The molecule has 0 spiro atoms. The van der Waals surface area contributed by atoms with Crippen LogP contribution in [0.15, 0.2) is 0 Å². The lowest BCUT2D eigenvalue weighted by atomic mass is 10.0. The molecule has 18 heavy (non-hydrogen) atoms. The van der Waals surface area contributed by atoms with E-state index < -0.39 is 49.4 Å². The van der Waals surface area contributed by atoms with E-state index in [2.05, 4.69) is 4.74 Å². The maximum atomic E-state index is 10.9. The Kier molecular flexibility index (Phi) is 7.05. The number of aldehydes is 1. The predicted molar refractivity (Wildman–Crippen MR) is 53.3 cm³/mol. The fraction of sp³-hybridized carbons (Fsp3) is 0.667. The Morgan fingerprint density at radius 3 is 2.11 bits per heavy atom. The van der Waals surface area contributed by atoms with Crippen LogP contribution in [0.3, 0.4) is 0 Å². The number of aliphatic carboxylic acids is 1. The number of aliphatic hydroxyl groups is 4. The molecule has 0 saturated carbocycles. The second-order valence-corrected chi connectivity index (χ2v) is 3.39. The van der Waals surface area contributed by atoms with E-state index in [9.17, 15) is 24.6 Å². The third-order valence-corrected chi connectivity index (χ3v) is 1.97. The second-order valence-electron chi connectivity index (χ2n) is 3.39. The number of hydrogen-bond acceptors (Lipinski definition) is 8. The number of carboxylic acids is 1. The van der Waals surface area contributed by atoms with Crippen LogP contribution in [0.5, 0.6) is 0 Å². The normalized spacial score (nSPS) is 17.3. The minimum Gasteiger partial charge on any atom is -0.481 e. The Morgan fingerprint density at radius 2 is 1.72 bits per heavy atom. The highest BCUT2D eigenvalue weighted by Crippen LogP contribution is 2.08. The Bertz CT molecular complexity index is 302. The monoisotopic (exact) mass is 266 g/mol. The lowest BCUT2D eigenvalue weighted by Crippen LogP contribution is -2.48. The SMILES string of the molecule is O=C[C@H](OC(=O)CC(=O)O)[C@@H](O)[C@H](O)[C@H](O)CO. The molecule has 0 fully saturated rings. The second kappa shape index (κ2) is 7.71. The average molecular weight is 266 g/mol. The van der Waals surface area contributed by atoms with E-state index in [1.807, 2.05) is 0 Å². The highest BCUT2D eigenvalue weighted by Gasteiger charge is 2.33. The van der Waals surface area contributed by atoms with E-state index in [1.165, 1.54) is 0 Å². The molecule has 0 aliphatic rings. The highest BCUT2D eigenvalue weighted by molar-refractivity contribution is 5.90. The van der Waals surface area contributed by atoms with Gasteiger partial charge in [-0.3, -0.25) is 14.4 Å². The molecule has 0 heterocycles. The first-order valence-electron chi connectivity index (χ1n) is 4.85. The molecular weight excluding hydrogens is 252 g/mol. The van der Waals surface area contributed by atoms with Gasteiger partial charge in [-0.15, -0.1) is 0 Å². The summed E-state index contributed by atoms with van der Waals surface area (Å²) >= 11 is 0. The summed E-state index contributed by atoms with van der Waals surface area (Å²) in [6.07, 6.45) is -8.54. The fourth-order valence-corrected chi connectivity index (χ4v) is 1.02. The van der Waals surface area contributed by atoms with E-state index in [-0.39, 0.29) is 6.29 Å². The average Bonchev–Trinajstić information content (AvgIpc) is 2.32. The van der Waals surface area contributed by atoms with E-state index in [0.29, 0.717) is 0 Å². The molecule has 0 unspecified atom stereocenters. The third-order valence-electron chi connectivity index (χ3n) is 1.97. The quantitative estimate of drug-likeness (QED) is 0.171. The zero-order valence-electron chi connectivity index (χ0n) is 9.17. The first-order chi connectivity index (χ1) is 8.33. The summed E-state index contributed by atoms with van der Waals surface area (Å²) < 4.78 is 4.30. The molecule has 0 amide bonds. The third kappa shape index (κ3) is 5.19. The summed E-state index contributed by atoms with van der Waals surface area (Å²) in [6, 6.07) is 0. The highest BCUT2D eigenvalue weighted by atomic mass is 16.6. The van der Waals surface area contributed by atoms with Gasteiger partial charge in [-0.1, -0.05) is 0 Å². The molecule has 5 N–H and O–H groups in total. The first kappa shape index (κ1) is 16.4. The summed E-state index contributed by atoms with van der Waals surface area (Å²) in [4.78, 5) is 31.6. The van der Waals surface area contributed by atoms with Gasteiger partial charge in [-0.05, 0) is 0 Å². The fourth-order valence-electron chi connectivity index (χ4n) is 1.02. The van der Waals surface area contributed by atoms with Crippen molar-refractivity contribution in [3.8, 4) is 0 Å². The Labute approximate surface area is 101 Å². The van der Waals surface area contributed by atoms with Crippen molar-refractivity contribution in [2.45, 2.75) is 30.8 Å². The van der Waals surface area contributed by atoms with E-state index in [4.69, 9.17) is 15.3 Å². The molecule has 0 rings (SSSR count). The van der Waals surface area contributed by atoms with Gasteiger partial charge in [0.15, 0.2) is 12.4 Å². The molecule has 0 aromatic rings. The lowest BCUT2D eigenvalue weighted by Gasteiger charge is -2.25. The van der Waals surface area contributed by atoms with Gasteiger partial charge >= 0.3 is 11.9 Å². The Morgan fingerprint density at radius 1 is 1.17 bits per heavy atom. The molecule has 0 aromatic carbocycles. The lowest BCUT2D eigenvalue weighted by molar-refractivity contribution is -0.170. The number of carbonyl (C=O) groups excluding carboxylic acids is 2. The van der Waals surface area contributed by atoms with Crippen LogP contribution in [0.4, 0.5) is 0 Å². The number of aliphatic hydroxyl groups excluding tert-OH is 4. The summed E-state index contributed by atoms with van der Waals surface area (Å²) in [7, 11) is 0. The van der Waals surface area contributed by atoms with E-state index >= 15 is 0 Å². The summed E-state index contributed by atoms with van der Waals surface area (Å²) in [6.45, 7) is -0.882. The van der Waals surface area contributed by atoms with Gasteiger partial charge in [0, 0.05) is 0 Å². The van der Waals surface area contributed by atoms with Crippen molar-refractivity contribution < 1.29 is 44.7 Å². The van der Waals surface area contributed by atoms with Crippen LogP contribution in [0.25, 0.3) is 0 Å². The maximum absolute atomic E-state index is 10.9. The van der Waals surface area contributed by atoms with E-state index in [0.717, 1.165) is 0 Å². The van der Waals surface area contributed by atoms with Crippen molar-refractivity contribution in [1.29, 1.82) is 0 Å². The van der Waals surface area contributed by atoms with Gasteiger partial charge in [-0.25, -0.2) is 0 Å². The molecule has 9 nitrogen and oxygen atoms in total. The van der Waals surface area contributed by atoms with Crippen LogP contribution >= 0.6 is 0 Å². The summed E-state index contributed by atoms with van der Waals surface area (Å²) in [5.41, 5.74) is 0. The first-order valence-corrected chi connectivity index (χ1v) is 4.85. The van der Waals surface area contributed by atoms with Crippen LogP contribution in [-0.4, -0.2) is 74.8 Å². The molecule has 104 valence electrons. The number of hydrogen-bond donors (Lipinski definition) is 5. The summed E-state index contributed by atoms with van der Waals surface area (Å²) in [5, 5.41) is 44.4. The number of ether oxygens (including phenoxy) is 1. The van der Waals surface area contributed by atoms with Gasteiger partial charge in [0.1, 0.15) is 24.7 Å². The number of rotatable bonds is 8. The van der Waals surface area contributed by atoms with Gasteiger partial charge in [0.25, 0.3) is 0 Å². The van der Waals surface area contributed by atoms with Crippen LogP contribution in [0.1, 0.15) is 6.42 Å². The van der Waals surface area contributed by atoms with Crippen molar-refractivity contribution in [1.82, 2.24) is 0 Å². The van der Waals surface area contributed by atoms with Crippen molar-refractivity contribution >= 4 is 18.2 Å². The number of esters is 1. The van der Waals surface area contributed by atoms with Gasteiger partial charge in [0.05, 0.1) is 6.61 Å². The Balaban J connectivity index is 4.53. The smallest absolute Gasteiger partial charge is 0.317 e. The maximum Gasteiger partial charge on any atom is 0.317 e. The molecular formula is C9H14O9. The minimum atomic E-state index is -1.98. The largest absolute Gasteiger partial charge is 0.481 e. The van der Waals surface area contributed by atoms with E-state index in [1.54, 1.807) is 0 Å². The van der Waals surface area contributed by atoms with Crippen LogP contribution in [0, 0.1) is 0 Å². The van der Waals surface area contributed by atoms with Crippen molar-refractivity contribution in [3.63, 3.8) is 0 Å².